The number of benzene rings is 1. The Hall–Kier alpha value is -2.16. The third kappa shape index (κ3) is 3.33. The molecule has 0 aliphatic carbocycles. The summed E-state index contributed by atoms with van der Waals surface area (Å²) in [5.41, 5.74) is 0.851. The third-order valence-corrected chi connectivity index (χ3v) is 5.68. The van der Waals surface area contributed by atoms with Crippen LogP contribution in [0.3, 0.4) is 0 Å². The van der Waals surface area contributed by atoms with Crippen LogP contribution in [0.5, 0.6) is 0 Å². The SMILES string of the molecule is Cn1c(SCc2nc(-c3cccs3)no2)nnc1-c1ccccc1Cl. The van der Waals surface area contributed by atoms with Crippen LogP contribution in [0.15, 0.2) is 51.5 Å². The summed E-state index contributed by atoms with van der Waals surface area (Å²) in [6.07, 6.45) is 0. The Kier molecular flexibility index (Phi) is 4.56. The number of thioether (sulfide) groups is 1. The molecule has 0 spiro atoms. The second-order valence-electron chi connectivity index (χ2n) is 5.12. The number of hydrogen-bond donors (Lipinski definition) is 0. The zero-order valence-electron chi connectivity index (χ0n) is 13.1. The molecule has 3 heterocycles. The molecule has 0 unspecified atom stereocenters. The molecule has 6 nitrogen and oxygen atoms in total. The fraction of sp³-hybridized carbons (Fsp3) is 0.125. The van der Waals surface area contributed by atoms with Gasteiger partial charge in [-0.15, -0.1) is 21.5 Å². The molecule has 4 rings (SSSR count). The Balaban J connectivity index is 1.50. The Morgan fingerprint density at radius 1 is 1.20 bits per heavy atom. The number of halogens is 1. The first-order valence-corrected chi connectivity index (χ1v) is 9.60. The number of rotatable bonds is 5. The van der Waals surface area contributed by atoms with Crippen molar-refractivity contribution in [2.75, 3.05) is 0 Å². The maximum absolute atomic E-state index is 6.24. The fourth-order valence-electron chi connectivity index (χ4n) is 2.26. The van der Waals surface area contributed by atoms with E-state index in [2.05, 4.69) is 20.3 Å². The van der Waals surface area contributed by atoms with Crippen LogP contribution in [0.1, 0.15) is 5.89 Å². The van der Waals surface area contributed by atoms with E-state index in [9.17, 15) is 0 Å². The Morgan fingerprint density at radius 2 is 2.08 bits per heavy atom. The van der Waals surface area contributed by atoms with E-state index < -0.39 is 0 Å². The summed E-state index contributed by atoms with van der Waals surface area (Å²) >= 11 is 9.31. The highest BCUT2D eigenvalue weighted by atomic mass is 35.5. The molecule has 126 valence electrons. The summed E-state index contributed by atoms with van der Waals surface area (Å²) < 4.78 is 7.21. The highest BCUT2D eigenvalue weighted by Crippen LogP contribution is 2.29. The van der Waals surface area contributed by atoms with Gasteiger partial charge < -0.3 is 9.09 Å². The zero-order valence-corrected chi connectivity index (χ0v) is 15.5. The predicted octanol–water partition coefficient (Wildman–Crippen LogP) is 4.54. The minimum absolute atomic E-state index is 0.521. The number of thiophene rings is 1. The predicted molar refractivity (Wildman–Crippen MR) is 98.6 cm³/mol. The highest BCUT2D eigenvalue weighted by Gasteiger charge is 2.15. The van der Waals surface area contributed by atoms with E-state index in [1.165, 1.54) is 11.8 Å². The van der Waals surface area contributed by atoms with Crippen molar-refractivity contribution >= 4 is 34.7 Å². The van der Waals surface area contributed by atoms with Gasteiger partial charge in [-0.1, -0.05) is 46.7 Å². The molecule has 4 aromatic rings. The monoisotopic (exact) mass is 389 g/mol. The molecule has 9 heteroatoms. The second-order valence-corrected chi connectivity index (χ2v) is 7.42. The van der Waals surface area contributed by atoms with Gasteiger partial charge in [0.25, 0.3) is 0 Å². The van der Waals surface area contributed by atoms with Gasteiger partial charge >= 0.3 is 0 Å². The van der Waals surface area contributed by atoms with E-state index in [-0.39, 0.29) is 0 Å². The summed E-state index contributed by atoms with van der Waals surface area (Å²) in [5, 5.41) is 15.9. The molecule has 0 atom stereocenters. The van der Waals surface area contributed by atoms with E-state index in [0.29, 0.717) is 22.5 Å². The van der Waals surface area contributed by atoms with Crippen molar-refractivity contribution in [1.82, 2.24) is 24.9 Å². The Morgan fingerprint density at radius 3 is 2.88 bits per heavy atom. The van der Waals surface area contributed by atoms with Crippen molar-refractivity contribution < 1.29 is 4.52 Å². The largest absolute Gasteiger partial charge is 0.338 e. The van der Waals surface area contributed by atoms with Crippen LogP contribution in [0.25, 0.3) is 22.1 Å². The van der Waals surface area contributed by atoms with Crippen molar-refractivity contribution in [3.63, 3.8) is 0 Å². The molecule has 1 aromatic carbocycles. The number of hydrogen-bond acceptors (Lipinski definition) is 7. The first-order chi connectivity index (χ1) is 12.2. The van der Waals surface area contributed by atoms with Crippen molar-refractivity contribution in [1.29, 1.82) is 0 Å². The average Bonchev–Trinajstić information content (AvgIpc) is 3.35. The van der Waals surface area contributed by atoms with Gasteiger partial charge in [-0.25, -0.2) is 0 Å². The van der Waals surface area contributed by atoms with Crippen molar-refractivity contribution in [2.24, 2.45) is 7.05 Å². The first kappa shape index (κ1) is 16.3. The molecular weight excluding hydrogens is 378 g/mol. The summed E-state index contributed by atoms with van der Waals surface area (Å²) in [5.74, 6) is 2.40. The summed E-state index contributed by atoms with van der Waals surface area (Å²) in [7, 11) is 1.91. The van der Waals surface area contributed by atoms with Gasteiger partial charge in [0.2, 0.25) is 11.7 Å². The summed E-state index contributed by atoms with van der Waals surface area (Å²) in [4.78, 5) is 5.40. The molecule has 25 heavy (non-hydrogen) atoms. The van der Waals surface area contributed by atoms with Crippen molar-refractivity contribution in [3.8, 4) is 22.1 Å². The lowest BCUT2D eigenvalue weighted by Crippen LogP contribution is -1.95. The van der Waals surface area contributed by atoms with Crippen LogP contribution >= 0.6 is 34.7 Å². The van der Waals surface area contributed by atoms with E-state index in [1.54, 1.807) is 11.3 Å². The lowest BCUT2D eigenvalue weighted by atomic mass is 10.2. The average molecular weight is 390 g/mol. The van der Waals surface area contributed by atoms with Crippen LogP contribution in [-0.4, -0.2) is 24.9 Å². The number of aromatic nitrogens is 5. The maximum atomic E-state index is 6.24. The topological polar surface area (TPSA) is 69.6 Å². The Labute approximate surface area is 156 Å². The highest BCUT2D eigenvalue weighted by molar-refractivity contribution is 7.98. The minimum atomic E-state index is 0.521. The van der Waals surface area contributed by atoms with E-state index in [1.807, 2.05) is 53.4 Å². The Bertz CT molecular complexity index is 996. The zero-order chi connectivity index (χ0) is 17.2. The molecule has 0 fully saturated rings. The van der Waals surface area contributed by atoms with Crippen molar-refractivity contribution in [3.05, 3.63) is 52.7 Å². The van der Waals surface area contributed by atoms with Crippen LogP contribution in [0.2, 0.25) is 5.02 Å². The minimum Gasteiger partial charge on any atom is -0.338 e. The molecule has 0 N–H and O–H groups in total. The van der Waals surface area contributed by atoms with Crippen LogP contribution < -0.4 is 0 Å². The standard InChI is InChI=1S/C16H12ClN5OS2/c1-22-15(10-5-2-3-6-11(10)17)19-20-16(22)25-9-13-18-14(21-23-13)12-7-4-8-24-12/h2-8H,9H2,1H3. The van der Waals surface area contributed by atoms with Crippen molar-refractivity contribution in [2.45, 2.75) is 10.9 Å². The quantitative estimate of drug-likeness (QED) is 0.467. The van der Waals surface area contributed by atoms with Gasteiger partial charge in [-0.2, -0.15) is 4.98 Å². The molecule has 0 radical (unpaired) electrons. The molecule has 0 amide bonds. The van der Waals surface area contributed by atoms with Crippen LogP contribution in [-0.2, 0) is 12.8 Å². The summed E-state index contributed by atoms with van der Waals surface area (Å²) in [6.45, 7) is 0. The van der Waals surface area contributed by atoms with E-state index in [4.69, 9.17) is 16.1 Å². The van der Waals surface area contributed by atoms with Crippen LogP contribution in [0, 0.1) is 0 Å². The normalized spacial score (nSPS) is 11.1. The second kappa shape index (κ2) is 6.99. The lowest BCUT2D eigenvalue weighted by Gasteiger charge is -2.04. The van der Waals surface area contributed by atoms with E-state index in [0.717, 1.165) is 21.4 Å². The fourth-order valence-corrected chi connectivity index (χ4v) is 3.88. The van der Waals surface area contributed by atoms with Gasteiger partial charge in [-0.3, -0.25) is 0 Å². The molecule has 0 aliphatic heterocycles. The molecule has 0 saturated carbocycles. The van der Waals surface area contributed by atoms with Gasteiger partial charge in [0, 0.05) is 12.6 Å². The molecule has 0 saturated heterocycles. The molecule has 3 aromatic heterocycles. The number of nitrogens with zero attached hydrogens (tertiary/aromatic N) is 5. The van der Waals surface area contributed by atoms with Gasteiger partial charge in [0.15, 0.2) is 11.0 Å². The van der Waals surface area contributed by atoms with Gasteiger partial charge in [0.05, 0.1) is 15.7 Å². The van der Waals surface area contributed by atoms with Gasteiger partial charge in [0.1, 0.15) is 0 Å². The lowest BCUT2D eigenvalue weighted by molar-refractivity contribution is 0.391. The summed E-state index contributed by atoms with van der Waals surface area (Å²) in [6, 6.07) is 11.5. The molecule has 0 bridgehead atoms. The maximum Gasteiger partial charge on any atom is 0.237 e. The molecule has 0 aliphatic rings. The van der Waals surface area contributed by atoms with Crippen LogP contribution in [0.4, 0.5) is 0 Å². The smallest absolute Gasteiger partial charge is 0.237 e. The van der Waals surface area contributed by atoms with Gasteiger partial charge in [-0.05, 0) is 23.6 Å². The van der Waals surface area contributed by atoms with E-state index >= 15 is 0 Å². The molecular formula is C16H12ClN5OS2. The first-order valence-electron chi connectivity index (χ1n) is 7.36. The third-order valence-electron chi connectivity index (χ3n) is 3.48.